The molecule has 0 aromatic heterocycles. The van der Waals surface area contributed by atoms with Gasteiger partial charge in [0, 0.05) is 0 Å². The summed E-state index contributed by atoms with van der Waals surface area (Å²) in [4.78, 5) is 0. The first-order chi connectivity index (χ1) is 11.9. The van der Waals surface area contributed by atoms with Gasteiger partial charge in [0.2, 0.25) is 0 Å². The normalized spacial score (nSPS) is 21.3. The predicted octanol–water partition coefficient (Wildman–Crippen LogP) is 7.13. The maximum absolute atomic E-state index is 2.53. The van der Waals surface area contributed by atoms with Crippen LogP contribution in [0.5, 0.6) is 0 Å². The topological polar surface area (TPSA) is 0 Å². The molecule has 0 heteroatoms. The van der Waals surface area contributed by atoms with Gasteiger partial charge in [-0.3, -0.25) is 0 Å². The molecule has 4 rings (SSSR count). The van der Waals surface area contributed by atoms with Gasteiger partial charge in [0.05, 0.1) is 0 Å². The molecule has 130 valence electrons. The zero-order valence-corrected chi connectivity index (χ0v) is 16.2. The van der Waals surface area contributed by atoms with Crippen LogP contribution in [0.1, 0.15) is 82.1 Å². The molecule has 0 unspecified atom stereocenters. The molecule has 0 atom stereocenters. The van der Waals surface area contributed by atoms with E-state index in [-0.39, 0.29) is 5.41 Å². The van der Waals surface area contributed by atoms with Crippen LogP contribution >= 0.6 is 0 Å². The van der Waals surface area contributed by atoms with Crippen LogP contribution in [0.3, 0.4) is 0 Å². The maximum atomic E-state index is 2.53. The number of rotatable bonds is 2. The highest BCUT2D eigenvalue weighted by atomic mass is 14.4. The average molecular weight is 331 g/mol. The molecule has 0 saturated heterocycles. The second kappa shape index (κ2) is 5.87. The molecule has 0 amide bonds. The first kappa shape index (κ1) is 16.6. The summed E-state index contributed by atoms with van der Waals surface area (Å²) in [5.41, 5.74) is 9.73. The Labute approximate surface area is 153 Å². The van der Waals surface area contributed by atoms with Gasteiger partial charge in [-0.1, -0.05) is 76.2 Å². The second-order valence-corrected chi connectivity index (χ2v) is 9.20. The van der Waals surface area contributed by atoms with Crippen LogP contribution in [-0.4, -0.2) is 0 Å². The quantitative estimate of drug-likeness (QED) is 0.549. The molecule has 25 heavy (non-hydrogen) atoms. The molecule has 0 aliphatic heterocycles. The Balaban J connectivity index is 1.85. The summed E-state index contributed by atoms with van der Waals surface area (Å²) in [6.07, 6.45) is 6.27. The minimum absolute atomic E-state index is 0.285. The molecule has 0 bridgehead atoms. The van der Waals surface area contributed by atoms with Crippen molar-refractivity contribution in [1.82, 2.24) is 0 Å². The van der Waals surface area contributed by atoms with Crippen LogP contribution in [0.4, 0.5) is 0 Å². The number of hydrogen-bond acceptors (Lipinski definition) is 0. The first-order valence-corrected chi connectivity index (χ1v) is 9.81. The summed E-state index contributed by atoms with van der Waals surface area (Å²) in [5.74, 6) is 0. The van der Waals surface area contributed by atoms with E-state index in [4.69, 9.17) is 0 Å². The molecule has 0 fully saturated rings. The lowest BCUT2D eigenvalue weighted by molar-refractivity contribution is 0.332. The number of hydrogen-bond donors (Lipinski definition) is 0. The molecule has 2 aliphatic carbocycles. The lowest BCUT2D eigenvalue weighted by atomic mass is 9.63. The Bertz CT molecular complexity index is 818. The van der Waals surface area contributed by atoms with Crippen molar-refractivity contribution in [3.05, 3.63) is 70.8 Å². The first-order valence-electron chi connectivity index (χ1n) is 9.81. The molecule has 2 aliphatic rings. The van der Waals surface area contributed by atoms with Gasteiger partial charge in [0.15, 0.2) is 0 Å². The fourth-order valence-corrected chi connectivity index (χ4v) is 4.80. The number of fused-ring (bicyclic) bond motifs is 1. The van der Waals surface area contributed by atoms with Crippen LogP contribution in [0, 0.1) is 0 Å². The Morgan fingerprint density at radius 1 is 0.640 bits per heavy atom. The molecular weight excluding hydrogens is 300 g/mol. The van der Waals surface area contributed by atoms with Gasteiger partial charge < -0.3 is 0 Å². The van der Waals surface area contributed by atoms with Crippen molar-refractivity contribution in [2.45, 2.75) is 70.6 Å². The highest BCUT2D eigenvalue weighted by molar-refractivity contribution is 5.93. The fourth-order valence-electron chi connectivity index (χ4n) is 4.80. The maximum Gasteiger partial charge on any atom is -0.0100 e. The summed E-state index contributed by atoms with van der Waals surface area (Å²) < 4.78 is 0. The van der Waals surface area contributed by atoms with E-state index < -0.39 is 0 Å². The molecule has 0 radical (unpaired) electrons. The van der Waals surface area contributed by atoms with Crippen LogP contribution in [-0.2, 0) is 10.8 Å². The largest absolute Gasteiger partial charge is 0.0622 e. The Morgan fingerprint density at radius 3 is 1.92 bits per heavy atom. The Kier molecular flexibility index (Phi) is 3.90. The van der Waals surface area contributed by atoms with Crippen molar-refractivity contribution in [2.75, 3.05) is 0 Å². The van der Waals surface area contributed by atoms with Gasteiger partial charge in [0.25, 0.3) is 0 Å². The van der Waals surface area contributed by atoms with E-state index in [0.29, 0.717) is 5.41 Å². The molecular formula is C25H30. The van der Waals surface area contributed by atoms with Gasteiger partial charge in [-0.15, -0.1) is 0 Å². The molecule has 0 spiro atoms. The molecule has 0 heterocycles. The van der Waals surface area contributed by atoms with Crippen LogP contribution in [0.15, 0.2) is 48.5 Å². The van der Waals surface area contributed by atoms with Crippen molar-refractivity contribution in [3.8, 4) is 0 Å². The second-order valence-electron chi connectivity index (χ2n) is 9.20. The smallest absolute Gasteiger partial charge is 0.0100 e. The summed E-state index contributed by atoms with van der Waals surface area (Å²) in [6, 6.07) is 18.3. The minimum Gasteiger partial charge on any atom is -0.0622 e. The van der Waals surface area contributed by atoms with Gasteiger partial charge >= 0.3 is 0 Å². The van der Waals surface area contributed by atoms with E-state index in [1.165, 1.54) is 43.2 Å². The summed E-state index contributed by atoms with van der Waals surface area (Å²) in [5, 5.41) is 0. The predicted molar refractivity (Wildman–Crippen MR) is 109 cm³/mol. The summed E-state index contributed by atoms with van der Waals surface area (Å²) >= 11 is 0. The number of allylic oxidation sites excluding steroid dienone is 2. The van der Waals surface area contributed by atoms with E-state index in [1.807, 2.05) is 0 Å². The summed E-state index contributed by atoms with van der Waals surface area (Å²) in [6.45, 7) is 9.66. The third-order valence-electron chi connectivity index (χ3n) is 6.54. The van der Waals surface area contributed by atoms with E-state index in [1.54, 1.807) is 22.3 Å². The van der Waals surface area contributed by atoms with Gasteiger partial charge in [-0.05, 0) is 76.3 Å². The third-order valence-corrected chi connectivity index (χ3v) is 6.54. The van der Waals surface area contributed by atoms with Crippen molar-refractivity contribution in [1.29, 1.82) is 0 Å². The lowest BCUT2D eigenvalue weighted by Gasteiger charge is -2.42. The van der Waals surface area contributed by atoms with Crippen molar-refractivity contribution in [2.24, 2.45) is 0 Å². The molecule has 0 N–H and O–H groups in total. The minimum atomic E-state index is 0.285. The Morgan fingerprint density at radius 2 is 1.24 bits per heavy atom. The highest BCUT2D eigenvalue weighted by Crippen LogP contribution is 2.48. The van der Waals surface area contributed by atoms with Gasteiger partial charge in [0.1, 0.15) is 0 Å². The monoisotopic (exact) mass is 330 g/mol. The molecule has 2 aromatic carbocycles. The fraction of sp³-hybridized carbons (Fsp3) is 0.440. The third kappa shape index (κ3) is 2.86. The van der Waals surface area contributed by atoms with Crippen molar-refractivity contribution >= 4 is 11.1 Å². The van der Waals surface area contributed by atoms with E-state index in [2.05, 4.69) is 76.2 Å². The zero-order chi connectivity index (χ0) is 17.7. The van der Waals surface area contributed by atoms with E-state index in [0.717, 1.165) is 0 Å². The number of benzene rings is 2. The SMILES string of the molecule is CC1(C)CCC(C)(C)c2cc(C3=C(c4ccccc4)CCC3)ccc21. The molecule has 2 aromatic rings. The zero-order valence-electron chi connectivity index (χ0n) is 16.2. The van der Waals surface area contributed by atoms with Crippen LogP contribution < -0.4 is 0 Å². The standard InChI is InChI=1S/C25H30/c1-24(2)15-16-25(3,4)23-17-19(13-14-22(23)24)21-12-8-11-20(21)18-9-6-5-7-10-18/h5-7,9-10,13-14,17H,8,11-12,15-16H2,1-4H3. The molecule has 0 saturated carbocycles. The van der Waals surface area contributed by atoms with Crippen molar-refractivity contribution in [3.63, 3.8) is 0 Å². The summed E-state index contributed by atoms with van der Waals surface area (Å²) in [7, 11) is 0. The van der Waals surface area contributed by atoms with Crippen LogP contribution in [0.2, 0.25) is 0 Å². The van der Waals surface area contributed by atoms with Crippen molar-refractivity contribution < 1.29 is 0 Å². The highest BCUT2D eigenvalue weighted by Gasteiger charge is 2.37. The van der Waals surface area contributed by atoms with Gasteiger partial charge in [-0.25, -0.2) is 0 Å². The lowest BCUT2D eigenvalue weighted by Crippen LogP contribution is -2.33. The average Bonchev–Trinajstić information content (AvgIpc) is 3.09. The molecule has 0 nitrogen and oxygen atoms in total. The van der Waals surface area contributed by atoms with E-state index in [9.17, 15) is 0 Å². The van der Waals surface area contributed by atoms with E-state index >= 15 is 0 Å². The Hall–Kier alpha value is -1.82. The van der Waals surface area contributed by atoms with Gasteiger partial charge in [-0.2, -0.15) is 0 Å². The van der Waals surface area contributed by atoms with Crippen LogP contribution in [0.25, 0.3) is 11.1 Å².